The van der Waals surface area contributed by atoms with E-state index >= 15 is 0 Å². The van der Waals surface area contributed by atoms with Gasteiger partial charge >= 0.3 is 0 Å². The Bertz CT molecular complexity index is 583. The molecule has 108 valence electrons. The SMILES string of the molecule is CN(CCN1CCOCC1)c1cc(Br)c2nonc2c1. The van der Waals surface area contributed by atoms with Gasteiger partial charge in [-0.15, -0.1) is 0 Å². The van der Waals surface area contributed by atoms with Crippen molar-refractivity contribution in [2.24, 2.45) is 0 Å². The summed E-state index contributed by atoms with van der Waals surface area (Å²) in [6.45, 7) is 5.71. The average Bonchev–Trinajstić information content (AvgIpc) is 2.95. The molecule has 20 heavy (non-hydrogen) atoms. The Morgan fingerprint density at radius 2 is 2.10 bits per heavy atom. The lowest BCUT2D eigenvalue weighted by Gasteiger charge is -2.29. The number of anilines is 1. The Morgan fingerprint density at radius 1 is 1.30 bits per heavy atom. The lowest BCUT2D eigenvalue weighted by molar-refractivity contribution is 0.0393. The number of likely N-dealkylation sites (N-methyl/N-ethyl adjacent to an activating group) is 1. The molecule has 0 spiro atoms. The maximum Gasteiger partial charge on any atom is 0.149 e. The minimum absolute atomic E-state index is 0.760. The highest BCUT2D eigenvalue weighted by Crippen LogP contribution is 2.27. The second kappa shape index (κ2) is 6.07. The molecule has 6 nitrogen and oxygen atoms in total. The number of hydrogen-bond acceptors (Lipinski definition) is 6. The van der Waals surface area contributed by atoms with Gasteiger partial charge in [0.1, 0.15) is 11.0 Å². The van der Waals surface area contributed by atoms with Gasteiger partial charge in [0.25, 0.3) is 0 Å². The number of rotatable bonds is 4. The standard InChI is InChI=1S/C13H17BrN4O2/c1-17(2-3-18-4-6-19-7-5-18)10-8-11(14)13-12(9-10)15-20-16-13/h8-9H,2-7H2,1H3. The second-order valence-electron chi connectivity index (χ2n) is 4.94. The number of benzene rings is 1. The maximum absolute atomic E-state index is 5.36. The molecule has 0 radical (unpaired) electrons. The average molecular weight is 341 g/mol. The molecule has 3 rings (SSSR count). The number of morpholine rings is 1. The molecule has 0 N–H and O–H groups in total. The summed E-state index contributed by atoms with van der Waals surface area (Å²) in [4.78, 5) is 4.64. The van der Waals surface area contributed by atoms with Crippen molar-refractivity contribution in [3.05, 3.63) is 16.6 Å². The summed E-state index contributed by atoms with van der Waals surface area (Å²) in [6.07, 6.45) is 0. The first-order valence-electron chi connectivity index (χ1n) is 6.67. The van der Waals surface area contributed by atoms with Crippen LogP contribution >= 0.6 is 15.9 Å². The van der Waals surface area contributed by atoms with Crippen molar-refractivity contribution in [2.75, 3.05) is 51.3 Å². The largest absolute Gasteiger partial charge is 0.379 e. The Hall–Kier alpha value is -1.18. The van der Waals surface area contributed by atoms with Gasteiger partial charge in [-0.1, -0.05) is 0 Å². The lowest BCUT2D eigenvalue weighted by atomic mass is 10.2. The van der Waals surface area contributed by atoms with Gasteiger partial charge in [0, 0.05) is 38.9 Å². The van der Waals surface area contributed by atoms with Crippen LogP contribution < -0.4 is 4.90 Å². The Balaban J connectivity index is 1.66. The number of aromatic nitrogens is 2. The third kappa shape index (κ3) is 2.94. The van der Waals surface area contributed by atoms with E-state index in [1.54, 1.807) is 0 Å². The summed E-state index contributed by atoms with van der Waals surface area (Å²) in [5.74, 6) is 0. The highest BCUT2D eigenvalue weighted by atomic mass is 79.9. The van der Waals surface area contributed by atoms with Gasteiger partial charge in [0.2, 0.25) is 0 Å². The van der Waals surface area contributed by atoms with Crippen LogP contribution in [0.4, 0.5) is 5.69 Å². The molecule has 0 saturated carbocycles. The molecule has 2 heterocycles. The van der Waals surface area contributed by atoms with E-state index in [9.17, 15) is 0 Å². The summed E-state index contributed by atoms with van der Waals surface area (Å²) in [7, 11) is 2.08. The minimum atomic E-state index is 0.760. The van der Waals surface area contributed by atoms with Gasteiger partial charge in [-0.3, -0.25) is 4.90 Å². The van der Waals surface area contributed by atoms with Crippen LogP contribution in [0.1, 0.15) is 0 Å². The fraction of sp³-hybridized carbons (Fsp3) is 0.538. The van der Waals surface area contributed by atoms with Crippen LogP contribution in [0.15, 0.2) is 21.2 Å². The highest BCUT2D eigenvalue weighted by Gasteiger charge is 2.13. The monoisotopic (exact) mass is 340 g/mol. The van der Waals surface area contributed by atoms with Gasteiger partial charge in [-0.2, -0.15) is 0 Å². The summed E-state index contributed by atoms with van der Waals surface area (Å²) in [5, 5.41) is 7.77. The molecule has 0 unspecified atom stereocenters. The molecular formula is C13H17BrN4O2. The summed E-state index contributed by atoms with van der Waals surface area (Å²) in [5.41, 5.74) is 2.64. The fourth-order valence-electron chi connectivity index (χ4n) is 2.30. The van der Waals surface area contributed by atoms with E-state index in [0.717, 1.165) is 60.6 Å². The smallest absolute Gasteiger partial charge is 0.149 e. The molecule has 2 aromatic rings. The molecule has 0 aliphatic carbocycles. The predicted octanol–water partition coefficient (Wildman–Crippen LogP) is 1.75. The number of nitrogens with zero attached hydrogens (tertiary/aromatic N) is 4. The van der Waals surface area contributed by atoms with Crippen molar-refractivity contribution in [1.29, 1.82) is 0 Å². The first-order chi connectivity index (χ1) is 9.74. The predicted molar refractivity (Wildman–Crippen MR) is 80.0 cm³/mol. The van der Waals surface area contributed by atoms with Crippen LogP contribution in [0.25, 0.3) is 11.0 Å². The molecule has 1 aromatic carbocycles. The van der Waals surface area contributed by atoms with E-state index in [0.29, 0.717) is 0 Å². The van der Waals surface area contributed by atoms with E-state index in [1.165, 1.54) is 0 Å². The molecule has 0 atom stereocenters. The van der Waals surface area contributed by atoms with E-state index < -0.39 is 0 Å². The second-order valence-corrected chi connectivity index (χ2v) is 5.79. The van der Waals surface area contributed by atoms with E-state index in [2.05, 4.69) is 43.1 Å². The van der Waals surface area contributed by atoms with Gasteiger partial charge in [0.15, 0.2) is 0 Å². The van der Waals surface area contributed by atoms with Gasteiger partial charge in [-0.25, -0.2) is 4.63 Å². The van der Waals surface area contributed by atoms with Crippen molar-refractivity contribution < 1.29 is 9.37 Å². The maximum atomic E-state index is 5.36. The van der Waals surface area contributed by atoms with Crippen molar-refractivity contribution in [2.45, 2.75) is 0 Å². The highest BCUT2D eigenvalue weighted by molar-refractivity contribution is 9.10. The quantitative estimate of drug-likeness (QED) is 0.845. The van der Waals surface area contributed by atoms with Crippen molar-refractivity contribution in [3.8, 4) is 0 Å². The Labute approximate surface area is 125 Å². The fourth-order valence-corrected chi connectivity index (χ4v) is 2.81. The van der Waals surface area contributed by atoms with Gasteiger partial charge in [-0.05, 0) is 38.4 Å². The topological polar surface area (TPSA) is 54.6 Å². The van der Waals surface area contributed by atoms with Crippen molar-refractivity contribution >= 4 is 32.7 Å². The minimum Gasteiger partial charge on any atom is -0.379 e. The van der Waals surface area contributed by atoms with Crippen LogP contribution in [0, 0.1) is 0 Å². The molecule has 1 aromatic heterocycles. The van der Waals surface area contributed by atoms with Crippen LogP contribution in [0.2, 0.25) is 0 Å². The number of fused-ring (bicyclic) bond motifs is 1. The van der Waals surface area contributed by atoms with Gasteiger partial charge < -0.3 is 9.64 Å². The zero-order chi connectivity index (χ0) is 13.9. The third-order valence-corrected chi connectivity index (χ3v) is 4.20. The zero-order valence-corrected chi connectivity index (χ0v) is 13.0. The first kappa shape index (κ1) is 13.8. The number of ether oxygens (including phenoxy) is 1. The summed E-state index contributed by atoms with van der Waals surface area (Å²) < 4.78 is 11.0. The summed E-state index contributed by atoms with van der Waals surface area (Å²) >= 11 is 3.51. The van der Waals surface area contributed by atoms with Crippen LogP contribution in [0.5, 0.6) is 0 Å². The first-order valence-corrected chi connectivity index (χ1v) is 7.46. The van der Waals surface area contributed by atoms with E-state index in [4.69, 9.17) is 9.37 Å². The van der Waals surface area contributed by atoms with Crippen LogP contribution in [-0.4, -0.2) is 61.7 Å². The molecule has 0 bridgehead atoms. The lowest BCUT2D eigenvalue weighted by Crippen LogP contribution is -2.40. The molecule has 1 saturated heterocycles. The molecule has 1 aliphatic heterocycles. The molecule has 1 aliphatic rings. The molecule has 1 fully saturated rings. The normalized spacial score (nSPS) is 16.7. The number of halogens is 1. The van der Waals surface area contributed by atoms with E-state index in [-0.39, 0.29) is 0 Å². The molecule has 0 amide bonds. The Morgan fingerprint density at radius 3 is 2.90 bits per heavy atom. The van der Waals surface area contributed by atoms with E-state index in [1.807, 2.05) is 12.1 Å². The molecular weight excluding hydrogens is 324 g/mol. The zero-order valence-electron chi connectivity index (χ0n) is 11.4. The Kier molecular flexibility index (Phi) is 4.18. The van der Waals surface area contributed by atoms with Crippen LogP contribution in [-0.2, 0) is 4.74 Å². The number of hydrogen-bond donors (Lipinski definition) is 0. The van der Waals surface area contributed by atoms with Crippen molar-refractivity contribution in [1.82, 2.24) is 15.2 Å². The van der Waals surface area contributed by atoms with Crippen molar-refractivity contribution in [3.63, 3.8) is 0 Å². The van der Waals surface area contributed by atoms with Crippen LogP contribution in [0.3, 0.4) is 0 Å². The molecule has 7 heteroatoms. The van der Waals surface area contributed by atoms with Gasteiger partial charge in [0.05, 0.1) is 17.7 Å². The third-order valence-electron chi connectivity index (χ3n) is 3.60. The summed E-state index contributed by atoms with van der Waals surface area (Å²) in [6, 6.07) is 4.04.